The molecule has 2 heterocycles. The Labute approximate surface area is 116 Å². The molecular formula is C15H16N2O3. The summed E-state index contributed by atoms with van der Waals surface area (Å²) in [6.45, 7) is 0.768. The molecule has 0 radical (unpaired) electrons. The molecular weight excluding hydrogens is 256 g/mol. The van der Waals surface area contributed by atoms with Gasteiger partial charge >= 0.3 is 5.97 Å². The first-order chi connectivity index (χ1) is 9.63. The zero-order valence-corrected chi connectivity index (χ0v) is 11.5. The molecule has 20 heavy (non-hydrogen) atoms. The van der Waals surface area contributed by atoms with Gasteiger partial charge in [0, 0.05) is 24.5 Å². The van der Waals surface area contributed by atoms with Crippen molar-refractivity contribution in [2.24, 2.45) is 0 Å². The number of carbonyl (C=O) groups excluding carboxylic acids is 2. The van der Waals surface area contributed by atoms with Crippen molar-refractivity contribution in [2.45, 2.75) is 13.0 Å². The number of ether oxygens (including phenoxy) is 1. The molecule has 5 nitrogen and oxygen atoms in total. The van der Waals surface area contributed by atoms with E-state index in [1.807, 2.05) is 24.3 Å². The largest absolute Gasteiger partial charge is 0.468 e. The van der Waals surface area contributed by atoms with Gasteiger partial charge in [-0.15, -0.1) is 0 Å². The monoisotopic (exact) mass is 272 g/mol. The lowest BCUT2D eigenvalue weighted by molar-refractivity contribution is -0.141. The molecule has 0 aliphatic carbocycles. The molecule has 0 fully saturated rings. The van der Waals surface area contributed by atoms with Crippen LogP contribution in [0.25, 0.3) is 10.9 Å². The maximum absolute atomic E-state index is 12.4. The number of nitrogens with zero attached hydrogens (tertiary/aromatic N) is 2. The van der Waals surface area contributed by atoms with Crippen LogP contribution >= 0.6 is 0 Å². The summed E-state index contributed by atoms with van der Waals surface area (Å²) in [4.78, 5) is 25.7. The van der Waals surface area contributed by atoms with E-state index in [1.165, 1.54) is 7.11 Å². The van der Waals surface area contributed by atoms with Crippen LogP contribution < -0.4 is 0 Å². The molecule has 1 aliphatic rings. The second-order valence-electron chi connectivity index (χ2n) is 4.98. The summed E-state index contributed by atoms with van der Waals surface area (Å²) in [6.07, 6.45) is 0.812. The summed E-state index contributed by atoms with van der Waals surface area (Å²) in [5.74, 6) is -0.388. The number of rotatable bonds is 2. The molecule has 1 aromatic heterocycles. The van der Waals surface area contributed by atoms with Gasteiger partial charge in [-0.05, 0) is 18.1 Å². The SMILES string of the molecule is COC(=O)Cn1c2c(c3ccccc31)CCN(C)C2=O. The molecule has 104 valence electrons. The van der Waals surface area contributed by atoms with Crippen LogP contribution in [0.1, 0.15) is 16.1 Å². The lowest BCUT2D eigenvalue weighted by atomic mass is 10.0. The van der Waals surface area contributed by atoms with Gasteiger partial charge < -0.3 is 14.2 Å². The summed E-state index contributed by atoms with van der Waals surface area (Å²) in [5, 5.41) is 1.05. The number of para-hydroxylation sites is 1. The van der Waals surface area contributed by atoms with Gasteiger partial charge in [-0.3, -0.25) is 9.59 Å². The third-order valence-corrected chi connectivity index (χ3v) is 3.84. The average molecular weight is 272 g/mol. The minimum Gasteiger partial charge on any atom is -0.468 e. The Kier molecular flexibility index (Phi) is 2.97. The average Bonchev–Trinajstić information content (AvgIpc) is 2.78. The second kappa shape index (κ2) is 4.67. The van der Waals surface area contributed by atoms with Crippen molar-refractivity contribution in [1.82, 2.24) is 9.47 Å². The lowest BCUT2D eigenvalue weighted by Crippen LogP contribution is -2.36. The number of hydrogen-bond acceptors (Lipinski definition) is 3. The van der Waals surface area contributed by atoms with E-state index in [2.05, 4.69) is 0 Å². The summed E-state index contributed by atoms with van der Waals surface area (Å²) >= 11 is 0. The Hall–Kier alpha value is -2.30. The van der Waals surface area contributed by atoms with E-state index in [4.69, 9.17) is 4.74 Å². The number of amides is 1. The molecule has 1 aromatic carbocycles. The van der Waals surface area contributed by atoms with Gasteiger partial charge in [0.1, 0.15) is 12.2 Å². The molecule has 0 unspecified atom stereocenters. The van der Waals surface area contributed by atoms with E-state index in [9.17, 15) is 9.59 Å². The Morgan fingerprint density at radius 2 is 2.10 bits per heavy atom. The number of aromatic nitrogens is 1. The van der Waals surface area contributed by atoms with Gasteiger partial charge in [0.25, 0.3) is 5.91 Å². The van der Waals surface area contributed by atoms with Crippen molar-refractivity contribution in [3.05, 3.63) is 35.5 Å². The fraction of sp³-hybridized carbons (Fsp3) is 0.333. The molecule has 5 heteroatoms. The molecule has 1 aliphatic heterocycles. The Balaban J connectivity index is 2.26. The minimum atomic E-state index is -0.352. The summed E-state index contributed by atoms with van der Waals surface area (Å²) < 4.78 is 6.51. The van der Waals surface area contributed by atoms with Crippen molar-refractivity contribution in [2.75, 3.05) is 20.7 Å². The molecule has 0 spiro atoms. The Morgan fingerprint density at radius 3 is 2.85 bits per heavy atom. The predicted octanol–water partition coefficient (Wildman–Crippen LogP) is 1.44. The van der Waals surface area contributed by atoms with Crippen LogP contribution in [0.4, 0.5) is 0 Å². The first-order valence-electron chi connectivity index (χ1n) is 6.56. The van der Waals surface area contributed by atoms with Crippen LogP contribution in [0.3, 0.4) is 0 Å². The van der Waals surface area contributed by atoms with Gasteiger partial charge in [0.15, 0.2) is 0 Å². The van der Waals surface area contributed by atoms with Crippen LogP contribution in [0.2, 0.25) is 0 Å². The van der Waals surface area contributed by atoms with Crippen LogP contribution in [0.15, 0.2) is 24.3 Å². The zero-order valence-electron chi connectivity index (χ0n) is 11.5. The number of carbonyl (C=O) groups is 2. The predicted molar refractivity (Wildman–Crippen MR) is 74.6 cm³/mol. The number of hydrogen-bond donors (Lipinski definition) is 0. The molecule has 3 rings (SSSR count). The van der Waals surface area contributed by atoms with Crippen LogP contribution in [0.5, 0.6) is 0 Å². The normalized spacial score (nSPS) is 14.5. The van der Waals surface area contributed by atoms with Gasteiger partial charge in [0.05, 0.1) is 7.11 Å². The number of fused-ring (bicyclic) bond motifs is 3. The highest BCUT2D eigenvalue weighted by atomic mass is 16.5. The van der Waals surface area contributed by atoms with Crippen LogP contribution in [-0.4, -0.2) is 42.0 Å². The van der Waals surface area contributed by atoms with Crippen molar-refractivity contribution >= 4 is 22.8 Å². The van der Waals surface area contributed by atoms with Gasteiger partial charge in [-0.2, -0.15) is 0 Å². The highest BCUT2D eigenvalue weighted by Crippen LogP contribution is 2.30. The minimum absolute atomic E-state index is 0.0358. The van der Waals surface area contributed by atoms with E-state index in [0.717, 1.165) is 22.9 Å². The fourth-order valence-electron chi connectivity index (χ4n) is 2.79. The van der Waals surface area contributed by atoms with Gasteiger partial charge in [-0.25, -0.2) is 0 Å². The van der Waals surface area contributed by atoms with Crippen LogP contribution in [0, 0.1) is 0 Å². The van der Waals surface area contributed by atoms with Crippen molar-refractivity contribution in [1.29, 1.82) is 0 Å². The molecule has 2 aromatic rings. The lowest BCUT2D eigenvalue weighted by Gasteiger charge is -2.24. The van der Waals surface area contributed by atoms with Crippen molar-refractivity contribution in [3.63, 3.8) is 0 Å². The molecule has 0 saturated heterocycles. The zero-order chi connectivity index (χ0) is 14.3. The number of methoxy groups -OCH3 is 1. The smallest absolute Gasteiger partial charge is 0.325 e. The Bertz CT molecular complexity index is 702. The summed E-state index contributed by atoms with van der Waals surface area (Å²) in [6, 6.07) is 7.80. The van der Waals surface area contributed by atoms with Crippen LogP contribution in [-0.2, 0) is 22.5 Å². The van der Waals surface area contributed by atoms with E-state index >= 15 is 0 Å². The van der Waals surface area contributed by atoms with Crippen molar-refractivity contribution in [3.8, 4) is 0 Å². The Morgan fingerprint density at radius 1 is 1.35 bits per heavy atom. The highest BCUT2D eigenvalue weighted by molar-refractivity contribution is 6.03. The standard InChI is InChI=1S/C15H16N2O3/c1-16-8-7-11-10-5-3-4-6-12(10)17(9-13(18)20-2)14(11)15(16)19/h3-6H,7-9H2,1-2H3. The first-order valence-corrected chi connectivity index (χ1v) is 6.56. The molecule has 0 bridgehead atoms. The second-order valence-corrected chi connectivity index (χ2v) is 4.98. The van der Waals surface area contributed by atoms with E-state index in [-0.39, 0.29) is 18.4 Å². The van der Waals surface area contributed by atoms with E-state index < -0.39 is 0 Å². The summed E-state index contributed by atoms with van der Waals surface area (Å²) in [7, 11) is 3.14. The maximum atomic E-state index is 12.4. The fourth-order valence-corrected chi connectivity index (χ4v) is 2.79. The number of esters is 1. The number of benzene rings is 1. The highest BCUT2D eigenvalue weighted by Gasteiger charge is 2.29. The third-order valence-electron chi connectivity index (χ3n) is 3.84. The molecule has 1 amide bonds. The first kappa shape index (κ1) is 12.7. The quantitative estimate of drug-likeness (QED) is 0.777. The van der Waals surface area contributed by atoms with Gasteiger partial charge in [0.2, 0.25) is 0 Å². The van der Waals surface area contributed by atoms with Crippen molar-refractivity contribution < 1.29 is 14.3 Å². The number of likely N-dealkylation sites (N-methyl/N-ethyl adjacent to an activating group) is 1. The summed E-state index contributed by atoms with van der Waals surface area (Å²) in [5.41, 5.74) is 2.56. The molecule has 0 atom stereocenters. The van der Waals surface area contributed by atoms with E-state index in [1.54, 1.807) is 16.5 Å². The molecule has 0 saturated carbocycles. The van der Waals surface area contributed by atoms with E-state index in [0.29, 0.717) is 12.2 Å². The topological polar surface area (TPSA) is 51.5 Å². The van der Waals surface area contributed by atoms with Gasteiger partial charge in [-0.1, -0.05) is 18.2 Å². The third kappa shape index (κ3) is 1.78. The maximum Gasteiger partial charge on any atom is 0.325 e. The molecule has 0 N–H and O–H groups in total.